The molecule has 0 aliphatic heterocycles. The van der Waals surface area contributed by atoms with Gasteiger partial charge in [0, 0.05) is 19.6 Å². The van der Waals surface area contributed by atoms with E-state index in [1.165, 1.54) is 0 Å². The highest BCUT2D eigenvalue weighted by Crippen LogP contribution is 2.30. The van der Waals surface area contributed by atoms with Gasteiger partial charge in [-0.1, -0.05) is 0 Å². The summed E-state index contributed by atoms with van der Waals surface area (Å²) in [6, 6.07) is 5.86. The van der Waals surface area contributed by atoms with Crippen LogP contribution in [-0.2, 0) is 0 Å². The van der Waals surface area contributed by atoms with Gasteiger partial charge in [-0.3, -0.25) is 10.8 Å². The number of aromatic nitrogens is 1. The van der Waals surface area contributed by atoms with Gasteiger partial charge < -0.3 is 5.43 Å². The Hall–Kier alpha value is -0.400. The average Bonchev–Trinajstić information content (AvgIpc) is 2.23. The lowest BCUT2D eigenvalue weighted by Gasteiger charge is -2.07. The van der Waals surface area contributed by atoms with E-state index in [0.717, 1.165) is 24.6 Å². The molecule has 14 heavy (non-hydrogen) atoms. The van der Waals surface area contributed by atoms with Gasteiger partial charge >= 0.3 is 0 Å². The van der Waals surface area contributed by atoms with E-state index in [2.05, 4.69) is 48.9 Å². The number of rotatable bonds is 1. The molecule has 1 heterocycles. The van der Waals surface area contributed by atoms with Crippen LogP contribution in [0.15, 0.2) is 28.9 Å². The maximum Gasteiger partial charge on any atom is 0.0875 e. The number of benzene rings is 1. The second-order valence-corrected chi connectivity index (χ2v) is 4.77. The summed E-state index contributed by atoms with van der Waals surface area (Å²) in [5.41, 5.74) is 4.49. The van der Waals surface area contributed by atoms with E-state index < -0.39 is 0 Å². The molecule has 5 heteroatoms. The molecule has 0 atom stereocenters. The van der Waals surface area contributed by atoms with Gasteiger partial charge in [-0.25, -0.2) is 0 Å². The van der Waals surface area contributed by atoms with Crippen LogP contribution in [0.25, 0.3) is 10.9 Å². The van der Waals surface area contributed by atoms with E-state index in [9.17, 15) is 0 Å². The summed E-state index contributed by atoms with van der Waals surface area (Å²) in [6.07, 6.45) is 1.73. The normalized spacial score (nSPS) is 10.5. The molecule has 0 fully saturated rings. The molecule has 2 aromatic rings. The number of nitrogen functional groups attached to an aromatic ring is 1. The first-order valence-corrected chi connectivity index (χ1v) is 5.80. The van der Waals surface area contributed by atoms with Crippen LogP contribution < -0.4 is 11.3 Å². The van der Waals surface area contributed by atoms with Crippen molar-refractivity contribution in [3.05, 3.63) is 32.4 Å². The Morgan fingerprint density at radius 3 is 2.86 bits per heavy atom. The number of hydrogen-bond donors (Lipinski definition) is 2. The predicted octanol–water partition coefficient (Wildman–Crippen LogP) is 2.89. The number of nitrogens with two attached hydrogens (primary N) is 1. The Labute approximate surface area is 103 Å². The standard InChI is InChI=1S/C9H7BrIN3/c10-5-1-2-6(11)8-7(14-12)3-4-13-9(5)8/h1-4H,12H2,(H,13,14). The molecule has 0 spiro atoms. The van der Waals surface area contributed by atoms with E-state index in [4.69, 9.17) is 5.84 Å². The van der Waals surface area contributed by atoms with E-state index in [0.29, 0.717) is 0 Å². The first kappa shape index (κ1) is 10.1. The average molecular weight is 364 g/mol. The van der Waals surface area contributed by atoms with Crippen molar-refractivity contribution in [3.8, 4) is 0 Å². The highest BCUT2D eigenvalue weighted by Gasteiger charge is 2.07. The zero-order valence-electron chi connectivity index (χ0n) is 7.09. The number of halogens is 2. The molecule has 1 aromatic heterocycles. The second kappa shape index (κ2) is 4.00. The smallest absolute Gasteiger partial charge is 0.0875 e. The summed E-state index contributed by atoms with van der Waals surface area (Å²) < 4.78 is 2.10. The van der Waals surface area contributed by atoms with Gasteiger partial charge in [0.05, 0.1) is 11.2 Å². The number of nitrogens with one attached hydrogen (secondary N) is 1. The van der Waals surface area contributed by atoms with Crippen LogP contribution in [0.1, 0.15) is 0 Å². The lowest BCUT2D eigenvalue weighted by molar-refractivity contribution is 1.33. The quantitative estimate of drug-likeness (QED) is 0.465. The minimum Gasteiger partial charge on any atom is -0.323 e. The molecule has 3 nitrogen and oxygen atoms in total. The van der Waals surface area contributed by atoms with Crippen LogP contribution in [0.5, 0.6) is 0 Å². The summed E-state index contributed by atoms with van der Waals surface area (Å²) in [6.45, 7) is 0. The Bertz CT molecular complexity index is 487. The number of nitrogens with zero attached hydrogens (tertiary/aromatic N) is 1. The molecule has 0 saturated carbocycles. The minimum absolute atomic E-state index is 0.890. The van der Waals surface area contributed by atoms with E-state index in [1.54, 1.807) is 6.20 Å². The summed E-state index contributed by atoms with van der Waals surface area (Å²) in [4.78, 5) is 4.30. The highest BCUT2D eigenvalue weighted by atomic mass is 127. The SMILES string of the molecule is NNc1ccnc2c(Br)ccc(I)c12. The summed E-state index contributed by atoms with van der Waals surface area (Å²) in [5, 5.41) is 1.05. The number of pyridine rings is 1. The molecule has 0 saturated heterocycles. The third-order valence-electron chi connectivity index (χ3n) is 1.95. The van der Waals surface area contributed by atoms with Crippen molar-refractivity contribution in [2.45, 2.75) is 0 Å². The minimum atomic E-state index is 0.890. The number of hydrogen-bond acceptors (Lipinski definition) is 3. The number of anilines is 1. The molecule has 0 bridgehead atoms. The summed E-state index contributed by atoms with van der Waals surface area (Å²) in [5.74, 6) is 5.44. The highest BCUT2D eigenvalue weighted by molar-refractivity contribution is 14.1. The third-order valence-corrected chi connectivity index (χ3v) is 3.49. The van der Waals surface area contributed by atoms with Crippen LogP contribution in [0, 0.1) is 3.57 Å². The molecule has 0 radical (unpaired) electrons. The molecule has 1 aromatic carbocycles. The fraction of sp³-hybridized carbons (Fsp3) is 0. The Kier molecular flexibility index (Phi) is 2.89. The van der Waals surface area contributed by atoms with Gasteiger partial charge in [-0.05, 0) is 56.7 Å². The predicted molar refractivity (Wildman–Crippen MR) is 70.0 cm³/mol. The maximum atomic E-state index is 5.44. The van der Waals surface area contributed by atoms with Crippen molar-refractivity contribution >= 4 is 55.1 Å². The summed E-state index contributed by atoms with van der Waals surface area (Å²) >= 11 is 5.73. The van der Waals surface area contributed by atoms with Gasteiger partial charge in [-0.2, -0.15) is 0 Å². The first-order valence-electron chi connectivity index (χ1n) is 3.93. The maximum absolute atomic E-state index is 5.44. The van der Waals surface area contributed by atoms with Gasteiger partial charge in [0.15, 0.2) is 0 Å². The van der Waals surface area contributed by atoms with Crippen molar-refractivity contribution in [1.82, 2.24) is 4.98 Å². The Morgan fingerprint density at radius 1 is 1.36 bits per heavy atom. The van der Waals surface area contributed by atoms with Crippen LogP contribution >= 0.6 is 38.5 Å². The zero-order valence-corrected chi connectivity index (χ0v) is 10.8. The molecular weight excluding hydrogens is 357 g/mol. The van der Waals surface area contributed by atoms with Crippen molar-refractivity contribution < 1.29 is 0 Å². The van der Waals surface area contributed by atoms with Crippen molar-refractivity contribution in [3.63, 3.8) is 0 Å². The largest absolute Gasteiger partial charge is 0.323 e. The molecule has 72 valence electrons. The molecule has 0 aliphatic rings. The van der Waals surface area contributed by atoms with Gasteiger partial charge in [0.1, 0.15) is 0 Å². The van der Waals surface area contributed by atoms with Crippen LogP contribution in [0.3, 0.4) is 0 Å². The number of hydrazine groups is 1. The van der Waals surface area contributed by atoms with Crippen molar-refractivity contribution in [1.29, 1.82) is 0 Å². The Balaban J connectivity index is 2.92. The lowest BCUT2D eigenvalue weighted by Crippen LogP contribution is -2.07. The fourth-order valence-electron chi connectivity index (χ4n) is 1.31. The first-order chi connectivity index (χ1) is 6.74. The number of fused-ring (bicyclic) bond motifs is 1. The van der Waals surface area contributed by atoms with Crippen LogP contribution in [-0.4, -0.2) is 4.98 Å². The van der Waals surface area contributed by atoms with Crippen molar-refractivity contribution in [2.24, 2.45) is 5.84 Å². The second-order valence-electron chi connectivity index (χ2n) is 2.76. The van der Waals surface area contributed by atoms with E-state index in [1.807, 2.05) is 18.2 Å². The third kappa shape index (κ3) is 1.59. The van der Waals surface area contributed by atoms with E-state index in [-0.39, 0.29) is 0 Å². The fourth-order valence-corrected chi connectivity index (χ4v) is 2.47. The monoisotopic (exact) mass is 363 g/mol. The zero-order chi connectivity index (χ0) is 10.1. The lowest BCUT2D eigenvalue weighted by atomic mass is 10.2. The van der Waals surface area contributed by atoms with Gasteiger partial charge in [0.2, 0.25) is 0 Å². The molecular formula is C9H7BrIN3. The topological polar surface area (TPSA) is 50.9 Å². The molecule has 3 N–H and O–H groups in total. The van der Waals surface area contributed by atoms with Crippen LogP contribution in [0.4, 0.5) is 5.69 Å². The molecule has 0 unspecified atom stereocenters. The van der Waals surface area contributed by atoms with E-state index >= 15 is 0 Å². The molecule has 0 amide bonds. The summed E-state index contributed by atoms with van der Waals surface area (Å²) in [7, 11) is 0. The Morgan fingerprint density at radius 2 is 2.14 bits per heavy atom. The molecule has 0 aliphatic carbocycles. The van der Waals surface area contributed by atoms with Crippen LogP contribution in [0.2, 0.25) is 0 Å². The molecule has 2 rings (SSSR count). The van der Waals surface area contributed by atoms with Crippen molar-refractivity contribution in [2.75, 3.05) is 5.43 Å². The van der Waals surface area contributed by atoms with Gasteiger partial charge in [0.25, 0.3) is 0 Å². The van der Waals surface area contributed by atoms with Gasteiger partial charge in [-0.15, -0.1) is 0 Å².